The van der Waals surface area contributed by atoms with E-state index in [2.05, 4.69) is 16.4 Å². The summed E-state index contributed by atoms with van der Waals surface area (Å²) < 4.78 is 5.22. The smallest absolute Gasteiger partial charge is 0.227 e. The molecule has 0 spiro atoms. The number of nitrogens with zero attached hydrogens (tertiary/aromatic N) is 1. The highest BCUT2D eigenvalue weighted by Gasteiger charge is 2.35. The maximum atomic E-state index is 12.6. The predicted octanol–water partition coefficient (Wildman–Crippen LogP) is 2.89. The monoisotopic (exact) mass is 377 g/mol. The molecule has 1 atom stereocenters. The van der Waals surface area contributed by atoms with Gasteiger partial charge in [-0.25, -0.2) is 0 Å². The molecule has 6 nitrogen and oxygen atoms in total. The molecular formula is C22H23N3O3. The first-order valence-electron chi connectivity index (χ1n) is 9.43. The second-order valence-electron chi connectivity index (χ2n) is 7.01. The number of hydrogen-bond acceptors (Lipinski definition) is 3. The lowest BCUT2D eigenvalue weighted by Crippen LogP contribution is -2.34. The van der Waals surface area contributed by atoms with Gasteiger partial charge in [0.25, 0.3) is 0 Å². The zero-order valence-corrected chi connectivity index (χ0v) is 15.8. The minimum Gasteiger partial charge on any atom is -0.497 e. The van der Waals surface area contributed by atoms with Crippen molar-refractivity contribution in [1.82, 2.24) is 10.3 Å². The third kappa shape index (κ3) is 3.58. The molecule has 1 fully saturated rings. The summed E-state index contributed by atoms with van der Waals surface area (Å²) in [6.45, 7) is 0.940. The highest BCUT2D eigenvalue weighted by molar-refractivity contribution is 6.00. The first-order valence-corrected chi connectivity index (χ1v) is 9.43. The standard InChI is InChI=1S/C22H23N3O3/c1-28-18-6-4-5-17(12-18)25-14-16(11-21(25)26)22(27)23-10-9-15-13-24-20-8-3-2-7-19(15)20/h2-8,12-13,16,24H,9-11,14H2,1H3,(H,23,27). The fourth-order valence-corrected chi connectivity index (χ4v) is 3.71. The molecule has 144 valence electrons. The van der Waals surface area contributed by atoms with Crippen molar-refractivity contribution in [2.24, 2.45) is 5.92 Å². The second kappa shape index (κ2) is 7.76. The summed E-state index contributed by atoms with van der Waals surface area (Å²) in [5, 5.41) is 4.16. The van der Waals surface area contributed by atoms with E-state index in [4.69, 9.17) is 4.74 Å². The first kappa shape index (κ1) is 18.1. The zero-order valence-electron chi connectivity index (χ0n) is 15.8. The van der Waals surface area contributed by atoms with Crippen molar-refractivity contribution in [2.75, 3.05) is 25.1 Å². The van der Waals surface area contributed by atoms with Gasteiger partial charge >= 0.3 is 0 Å². The van der Waals surface area contributed by atoms with E-state index in [-0.39, 0.29) is 24.2 Å². The van der Waals surface area contributed by atoms with Crippen molar-refractivity contribution < 1.29 is 14.3 Å². The molecule has 2 heterocycles. The van der Waals surface area contributed by atoms with Crippen LogP contribution in [0.3, 0.4) is 0 Å². The van der Waals surface area contributed by atoms with Gasteiger partial charge in [-0.1, -0.05) is 24.3 Å². The summed E-state index contributed by atoms with van der Waals surface area (Å²) in [6.07, 6.45) is 2.96. The van der Waals surface area contributed by atoms with Crippen LogP contribution in [0.25, 0.3) is 10.9 Å². The minimum absolute atomic E-state index is 0.0370. The lowest BCUT2D eigenvalue weighted by molar-refractivity contribution is -0.126. The Hall–Kier alpha value is -3.28. The number of para-hydroxylation sites is 1. The maximum Gasteiger partial charge on any atom is 0.227 e. The molecule has 2 N–H and O–H groups in total. The van der Waals surface area contributed by atoms with Crippen molar-refractivity contribution in [3.8, 4) is 5.75 Å². The molecule has 1 saturated heterocycles. The number of H-pyrrole nitrogens is 1. The SMILES string of the molecule is COc1cccc(N2CC(C(=O)NCCc3c[nH]c4ccccc34)CC2=O)c1. The number of nitrogens with one attached hydrogen (secondary N) is 2. The number of carbonyl (C=O) groups excluding carboxylic acids is 2. The van der Waals surface area contributed by atoms with Crippen molar-refractivity contribution in [2.45, 2.75) is 12.8 Å². The van der Waals surface area contributed by atoms with Gasteiger partial charge in [0.05, 0.1) is 13.0 Å². The predicted molar refractivity (Wildman–Crippen MR) is 108 cm³/mol. The normalized spacial score (nSPS) is 16.5. The van der Waals surface area contributed by atoms with E-state index in [1.165, 1.54) is 10.9 Å². The summed E-state index contributed by atoms with van der Waals surface area (Å²) in [5.41, 5.74) is 3.04. The number of fused-ring (bicyclic) bond motifs is 1. The van der Waals surface area contributed by atoms with Crippen LogP contribution in [0.15, 0.2) is 54.7 Å². The first-order chi connectivity index (χ1) is 13.7. The van der Waals surface area contributed by atoms with Gasteiger partial charge in [0.1, 0.15) is 5.75 Å². The molecule has 1 aromatic heterocycles. The summed E-state index contributed by atoms with van der Waals surface area (Å²) in [7, 11) is 1.59. The highest BCUT2D eigenvalue weighted by atomic mass is 16.5. The van der Waals surface area contributed by atoms with E-state index in [1.54, 1.807) is 12.0 Å². The van der Waals surface area contributed by atoms with Gasteiger partial charge in [-0.15, -0.1) is 0 Å². The Morgan fingerprint density at radius 1 is 1.25 bits per heavy atom. The molecule has 0 aliphatic carbocycles. The number of hydrogen-bond donors (Lipinski definition) is 2. The van der Waals surface area contributed by atoms with Crippen molar-refractivity contribution >= 4 is 28.4 Å². The van der Waals surface area contributed by atoms with Gasteiger partial charge in [-0.05, 0) is 30.2 Å². The van der Waals surface area contributed by atoms with E-state index >= 15 is 0 Å². The number of methoxy groups -OCH3 is 1. The fourth-order valence-electron chi connectivity index (χ4n) is 3.71. The molecule has 0 radical (unpaired) electrons. The maximum absolute atomic E-state index is 12.6. The molecule has 0 saturated carbocycles. The molecule has 2 amide bonds. The Balaban J connectivity index is 1.34. The van der Waals surface area contributed by atoms with E-state index < -0.39 is 0 Å². The van der Waals surface area contributed by atoms with Crippen LogP contribution < -0.4 is 15.0 Å². The van der Waals surface area contributed by atoms with Crippen LogP contribution in [0.4, 0.5) is 5.69 Å². The number of aromatic amines is 1. The van der Waals surface area contributed by atoms with E-state index in [0.29, 0.717) is 18.8 Å². The fraction of sp³-hybridized carbons (Fsp3) is 0.273. The van der Waals surface area contributed by atoms with Crippen LogP contribution in [0.1, 0.15) is 12.0 Å². The molecule has 3 aromatic rings. The van der Waals surface area contributed by atoms with Crippen LogP contribution in [0.5, 0.6) is 5.75 Å². The molecule has 1 unspecified atom stereocenters. The number of amides is 2. The van der Waals surface area contributed by atoms with Crippen LogP contribution in [-0.2, 0) is 16.0 Å². The Kier molecular flexibility index (Phi) is 5.02. The van der Waals surface area contributed by atoms with Gasteiger partial charge in [-0.3, -0.25) is 9.59 Å². The third-order valence-electron chi connectivity index (χ3n) is 5.23. The van der Waals surface area contributed by atoms with E-state index in [0.717, 1.165) is 17.6 Å². The van der Waals surface area contributed by atoms with Gasteiger partial charge in [-0.2, -0.15) is 0 Å². The minimum atomic E-state index is -0.332. The largest absolute Gasteiger partial charge is 0.497 e. The van der Waals surface area contributed by atoms with Gasteiger partial charge in [0, 0.05) is 48.4 Å². The van der Waals surface area contributed by atoms with Crippen molar-refractivity contribution in [3.05, 3.63) is 60.3 Å². The van der Waals surface area contributed by atoms with Crippen molar-refractivity contribution in [1.29, 1.82) is 0 Å². The average molecular weight is 377 g/mol. The highest BCUT2D eigenvalue weighted by Crippen LogP contribution is 2.28. The number of rotatable bonds is 6. The number of ether oxygens (including phenoxy) is 1. The Morgan fingerprint density at radius 2 is 2.11 bits per heavy atom. The lowest BCUT2D eigenvalue weighted by atomic mass is 10.1. The molecule has 1 aliphatic heterocycles. The van der Waals surface area contributed by atoms with Crippen molar-refractivity contribution in [3.63, 3.8) is 0 Å². The summed E-state index contributed by atoms with van der Waals surface area (Å²) in [5.74, 6) is 0.252. The Morgan fingerprint density at radius 3 is 2.96 bits per heavy atom. The quantitative estimate of drug-likeness (QED) is 0.694. The average Bonchev–Trinajstić information content (AvgIpc) is 3.32. The summed E-state index contributed by atoms with van der Waals surface area (Å²) in [4.78, 5) is 29.9. The number of anilines is 1. The van der Waals surface area contributed by atoms with E-state index in [1.807, 2.05) is 48.7 Å². The van der Waals surface area contributed by atoms with Gasteiger partial charge in [0.15, 0.2) is 0 Å². The van der Waals surface area contributed by atoms with Crippen LogP contribution in [-0.4, -0.2) is 37.0 Å². The van der Waals surface area contributed by atoms with Crippen LogP contribution in [0.2, 0.25) is 0 Å². The van der Waals surface area contributed by atoms with Gasteiger partial charge < -0.3 is 19.9 Å². The van der Waals surface area contributed by atoms with Crippen LogP contribution >= 0.6 is 0 Å². The number of aromatic nitrogens is 1. The third-order valence-corrected chi connectivity index (χ3v) is 5.23. The lowest BCUT2D eigenvalue weighted by Gasteiger charge is -2.17. The molecule has 6 heteroatoms. The molecule has 4 rings (SSSR count). The molecular weight excluding hydrogens is 354 g/mol. The molecule has 0 bridgehead atoms. The number of benzene rings is 2. The summed E-state index contributed by atoms with van der Waals surface area (Å²) >= 11 is 0. The molecule has 28 heavy (non-hydrogen) atoms. The van der Waals surface area contributed by atoms with Crippen LogP contribution in [0, 0.1) is 5.92 Å². The topological polar surface area (TPSA) is 74.4 Å². The number of carbonyl (C=O) groups is 2. The molecule has 2 aromatic carbocycles. The Bertz CT molecular complexity index is 1010. The zero-order chi connectivity index (χ0) is 19.5. The summed E-state index contributed by atoms with van der Waals surface area (Å²) in [6, 6.07) is 15.5. The second-order valence-corrected chi connectivity index (χ2v) is 7.01. The van der Waals surface area contributed by atoms with E-state index in [9.17, 15) is 9.59 Å². The van der Waals surface area contributed by atoms with Gasteiger partial charge in [0.2, 0.25) is 11.8 Å². The molecule has 1 aliphatic rings. The Labute approximate surface area is 163 Å².